The molecule has 14 heteroatoms. The SMILES string of the molecule is CN1CCC2(CC(F)C2)Oc2c(Cl)c(-c3ccc(F)c4sc(N)c(C#N)c34)c(F)c3nc(OC[C@@]45CCCN4C[C@H](F)C5)nc1c23. The number of halogens is 5. The minimum atomic E-state index is -1.05. The molecular weight excluding hydrogens is 644 g/mol. The van der Waals surface area contributed by atoms with E-state index in [0.29, 0.717) is 31.7 Å². The first kappa shape index (κ1) is 29.8. The van der Waals surface area contributed by atoms with E-state index in [4.69, 9.17) is 26.8 Å². The lowest BCUT2D eigenvalue weighted by Gasteiger charge is -2.46. The lowest BCUT2D eigenvalue weighted by molar-refractivity contribution is -0.0653. The molecule has 8 rings (SSSR count). The molecule has 2 aromatic heterocycles. The number of nitrogen functional groups attached to an aromatic ring is 1. The number of nitriles is 1. The summed E-state index contributed by atoms with van der Waals surface area (Å²) in [6, 6.07) is 4.43. The molecule has 5 heterocycles. The summed E-state index contributed by atoms with van der Waals surface area (Å²) in [5.74, 6) is -1.09. The Morgan fingerprint density at radius 1 is 1.15 bits per heavy atom. The largest absolute Gasteiger partial charge is 0.485 e. The molecule has 3 fully saturated rings. The van der Waals surface area contributed by atoms with Crippen molar-refractivity contribution in [2.45, 2.75) is 62.0 Å². The van der Waals surface area contributed by atoms with Crippen LogP contribution >= 0.6 is 22.9 Å². The highest BCUT2D eigenvalue weighted by Gasteiger charge is 2.50. The maximum atomic E-state index is 17.1. The van der Waals surface area contributed by atoms with E-state index in [1.807, 2.05) is 11.0 Å². The van der Waals surface area contributed by atoms with Crippen molar-refractivity contribution in [1.82, 2.24) is 14.9 Å². The molecule has 46 heavy (non-hydrogen) atoms. The third-order valence-electron chi connectivity index (χ3n) is 10.1. The Bertz CT molecular complexity index is 1980. The quantitative estimate of drug-likeness (QED) is 0.233. The van der Waals surface area contributed by atoms with Gasteiger partial charge in [0.05, 0.1) is 26.2 Å². The summed E-state index contributed by atoms with van der Waals surface area (Å²) in [4.78, 5) is 13.1. The number of benzene rings is 2. The van der Waals surface area contributed by atoms with Crippen molar-refractivity contribution >= 4 is 54.7 Å². The lowest BCUT2D eigenvalue weighted by Crippen LogP contribution is -2.52. The van der Waals surface area contributed by atoms with E-state index >= 15 is 4.39 Å². The number of hydrogen-bond donors (Lipinski definition) is 1. The van der Waals surface area contributed by atoms with Crippen molar-refractivity contribution in [2.75, 3.05) is 43.9 Å². The molecule has 3 aliphatic heterocycles. The second-order valence-electron chi connectivity index (χ2n) is 13.0. The highest BCUT2D eigenvalue weighted by Crippen LogP contribution is 2.54. The van der Waals surface area contributed by atoms with Gasteiger partial charge in [-0.1, -0.05) is 17.7 Å². The number of hydrogen-bond acceptors (Lipinski definition) is 9. The zero-order valence-electron chi connectivity index (χ0n) is 24.8. The number of nitrogens with two attached hydrogens (primary N) is 1. The molecule has 2 N–H and O–H groups in total. The summed E-state index contributed by atoms with van der Waals surface area (Å²) in [6.45, 7) is 1.68. The van der Waals surface area contributed by atoms with Gasteiger partial charge >= 0.3 is 6.01 Å². The van der Waals surface area contributed by atoms with Crippen LogP contribution in [0.4, 0.5) is 28.4 Å². The molecule has 1 spiro atoms. The van der Waals surface area contributed by atoms with Gasteiger partial charge < -0.3 is 20.1 Å². The monoisotopic (exact) mass is 672 g/mol. The Kier molecular flexibility index (Phi) is 6.77. The van der Waals surface area contributed by atoms with Gasteiger partial charge in [-0.3, -0.25) is 4.90 Å². The predicted octanol–water partition coefficient (Wildman–Crippen LogP) is 6.94. The average molecular weight is 673 g/mol. The summed E-state index contributed by atoms with van der Waals surface area (Å²) in [6.07, 6.45) is 0.738. The summed E-state index contributed by atoms with van der Waals surface area (Å²) in [5, 5.41) is 10.2. The third-order valence-corrected chi connectivity index (χ3v) is 11.5. The molecule has 0 radical (unpaired) electrons. The van der Waals surface area contributed by atoms with Crippen molar-refractivity contribution < 1.29 is 27.0 Å². The van der Waals surface area contributed by atoms with E-state index in [1.54, 1.807) is 7.05 Å². The molecule has 240 valence electrons. The van der Waals surface area contributed by atoms with Gasteiger partial charge in [-0.25, -0.2) is 17.6 Å². The highest BCUT2D eigenvalue weighted by atomic mass is 35.5. The molecule has 1 saturated carbocycles. The van der Waals surface area contributed by atoms with E-state index in [1.165, 1.54) is 12.1 Å². The Morgan fingerprint density at radius 3 is 2.72 bits per heavy atom. The molecule has 4 aromatic rings. The second kappa shape index (κ2) is 10.5. The van der Waals surface area contributed by atoms with Crippen LogP contribution in [0.5, 0.6) is 11.8 Å². The Morgan fingerprint density at radius 2 is 1.96 bits per heavy atom. The molecule has 4 aliphatic rings. The Hall–Kier alpha value is -3.60. The summed E-state index contributed by atoms with van der Waals surface area (Å²) in [7, 11) is 1.79. The number of alkyl halides is 2. The predicted molar refractivity (Wildman–Crippen MR) is 168 cm³/mol. The first-order valence-electron chi connectivity index (χ1n) is 15.2. The average Bonchev–Trinajstić information content (AvgIpc) is 3.65. The normalized spacial score (nSPS) is 27.4. The van der Waals surface area contributed by atoms with Gasteiger partial charge in [0.1, 0.15) is 52.8 Å². The number of ether oxygens (including phenoxy) is 2. The maximum Gasteiger partial charge on any atom is 0.319 e. The minimum absolute atomic E-state index is 0.000352. The molecular formula is C32H29ClF4N6O2S. The van der Waals surface area contributed by atoms with Crippen LogP contribution in [0.1, 0.15) is 44.1 Å². The molecule has 0 unspecified atom stereocenters. The smallest absolute Gasteiger partial charge is 0.319 e. The fourth-order valence-electron chi connectivity index (χ4n) is 7.84. The molecule has 8 nitrogen and oxygen atoms in total. The fraction of sp³-hybridized carbons (Fsp3) is 0.469. The topological polar surface area (TPSA) is 101 Å². The van der Waals surface area contributed by atoms with Crippen molar-refractivity contribution in [3.63, 3.8) is 0 Å². The Labute approximate surface area is 270 Å². The van der Waals surface area contributed by atoms with E-state index in [2.05, 4.69) is 14.9 Å². The number of anilines is 2. The molecule has 2 atom stereocenters. The van der Waals surface area contributed by atoms with Crippen LogP contribution < -0.4 is 20.1 Å². The standard InChI is InChI=1S/C32H29ClF4N6O2S/c1-42-8-6-32(10-15(34)11-32)45-26-22-25(40-30(41-29(22)42)44-14-31-5-2-7-43(31)13-16(35)9-31)24(37)21(23(26)33)17-3-4-19(36)27-20(17)18(12-38)28(39)46-27/h3-4,15-16H,2,5-11,13-14,39H2,1H3/t15?,16-,31+,32?/m1/s1. The molecule has 1 aliphatic carbocycles. The number of aromatic nitrogens is 2. The van der Waals surface area contributed by atoms with Crippen molar-refractivity contribution in [2.24, 2.45) is 0 Å². The zero-order chi connectivity index (χ0) is 32.1. The van der Waals surface area contributed by atoms with Crippen LogP contribution in [-0.2, 0) is 0 Å². The number of rotatable bonds is 4. The molecule has 2 aromatic carbocycles. The summed E-state index contributed by atoms with van der Waals surface area (Å²) >= 11 is 7.93. The maximum absolute atomic E-state index is 17.1. The lowest BCUT2D eigenvalue weighted by atomic mass is 9.75. The van der Waals surface area contributed by atoms with Gasteiger partial charge in [0.25, 0.3) is 0 Å². The zero-order valence-corrected chi connectivity index (χ0v) is 26.4. The Balaban J connectivity index is 1.36. The van der Waals surface area contributed by atoms with Crippen molar-refractivity contribution in [1.29, 1.82) is 5.26 Å². The van der Waals surface area contributed by atoms with Gasteiger partial charge in [-0.2, -0.15) is 15.2 Å². The van der Waals surface area contributed by atoms with Crippen molar-refractivity contribution in [3.05, 3.63) is 34.4 Å². The molecule has 0 amide bonds. The van der Waals surface area contributed by atoms with Crippen LogP contribution in [0.25, 0.3) is 32.1 Å². The minimum Gasteiger partial charge on any atom is -0.485 e. The molecule has 2 saturated heterocycles. The van der Waals surface area contributed by atoms with E-state index in [9.17, 15) is 18.4 Å². The van der Waals surface area contributed by atoms with E-state index in [0.717, 1.165) is 30.7 Å². The van der Waals surface area contributed by atoms with Gasteiger partial charge in [0.15, 0.2) is 11.6 Å². The summed E-state index contributed by atoms with van der Waals surface area (Å²) in [5.41, 5.74) is 4.52. The van der Waals surface area contributed by atoms with E-state index < -0.39 is 35.1 Å². The number of nitrogens with zero attached hydrogens (tertiary/aromatic N) is 5. The fourth-order valence-corrected chi connectivity index (χ4v) is 9.11. The van der Waals surface area contributed by atoms with Crippen LogP contribution in [0.2, 0.25) is 5.02 Å². The van der Waals surface area contributed by atoms with Gasteiger partial charge in [0.2, 0.25) is 0 Å². The highest BCUT2D eigenvalue weighted by molar-refractivity contribution is 7.23. The first-order chi connectivity index (χ1) is 22.0. The van der Waals surface area contributed by atoms with Gasteiger partial charge in [0, 0.05) is 56.8 Å². The van der Waals surface area contributed by atoms with Crippen LogP contribution in [-0.4, -0.2) is 71.6 Å². The second-order valence-corrected chi connectivity index (χ2v) is 14.4. The van der Waals surface area contributed by atoms with Crippen LogP contribution in [0.15, 0.2) is 12.1 Å². The summed E-state index contributed by atoms with van der Waals surface area (Å²) < 4.78 is 73.6. The first-order valence-corrected chi connectivity index (χ1v) is 16.4. The van der Waals surface area contributed by atoms with Gasteiger partial charge in [-0.15, -0.1) is 11.3 Å². The number of thiophene rings is 1. The third kappa shape index (κ3) is 4.33. The molecule has 0 bridgehead atoms. The van der Waals surface area contributed by atoms with Gasteiger partial charge in [-0.05, 0) is 31.0 Å². The number of fused-ring (bicyclic) bond motifs is 2. The van der Waals surface area contributed by atoms with Crippen molar-refractivity contribution in [3.8, 4) is 29.0 Å². The van der Waals surface area contributed by atoms with Crippen LogP contribution in [0.3, 0.4) is 0 Å². The van der Waals surface area contributed by atoms with Crippen LogP contribution in [0, 0.1) is 23.0 Å². The van der Waals surface area contributed by atoms with E-state index in [-0.39, 0.29) is 78.9 Å².